The maximum atomic E-state index is 12.2. The topological polar surface area (TPSA) is 110 Å². The van der Waals surface area contributed by atoms with Crippen molar-refractivity contribution >= 4 is 41.1 Å². The molecule has 2 N–H and O–H groups in total. The van der Waals surface area contributed by atoms with Crippen molar-refractivity contribution in [1.29, 1.82) is 0 Å². The van der Waals surface area contributed by atoms with Gasteiger partial charge in [0, 0.05) is 17.7 Å². The van der Waals surface area contributed by atoms with Gasteiger partial charge in [0.05, 0.1) is 17.9 Å². The first kappa shape index (κ1) is 22.2. The number of hydrogen-bond acceptors (Lipinski definition) is 6. The van der Waals surface area contributed by atoms with E-state index < -0.39 is 23.1 Å². The lowest BCUT2D eigenvalue weighted by Crippen LogP contribution is -2.24. The molecule has 0 spiro atoms. The van der Waals surface area contributed by atoms with E-state index in [9.17, 15) is 24.3 Å². The van der Waals surface area contributed by atoms with E-state index in [4.69, 9.17) is 4.74 Å². The molecule has 0 fully saturated rings. The molecule has 152 valence electrons. The summed E-state index contributed by atoms with van der Waals surface area (Å²) in [5.74, 6) is -2.42. The van der Waals surface area contributed by atoms with Crippen LogP contribution >= 0.6 is 11.8 Å². The summed E-state index contributed by atoms with van der Waals surface area (Å²) in [4.78, 5) is 47.4. The van der Waals surface area contributed by atoms with Gasteiger partial charge < -0.3 is 15.2 Å². The van der Waals surface area contributed by atoms with Crippen molar-refractivity contribution in [2.24, 2.45) is 0 Å². The Morgan fingerprint density at radius 2 is 1.66 bits per heavy atom. The molecule has 2 aromatic rings. The smallest absolute Gasteiger partial charge is 0.338 e. The fourth-order valence-corrected chi connectivity index (χ4v) is 3.24. The number of benzene rings is 2. The lowest BCUT2D eigenvalue weighted by atomic mass is 10.1. The first-order chi connectivity index (χ1) is 13.9. The van der Waals surface area contributed by atoms with E-state index in [0.29, 0.717) is 16.8 Å². The second-order valence-corrected chi connectivity index (χ2v) is 7.17. The normalized spacial score (nSPS) is 11.3. The van der Waals surface area contributed by atoms with Gasteiger partial charge in [-0.05, 0) is 31.2 Å². The van der Waals surface area contributed by atoms with Crippen LogP contribution in [0.2, 0.25) is 0 Å². The molecule has 0 saturated heterocycles. The van der Waals surface area contributed by atoms with Crippen LogP contribution in [0, 0.1) is 0 Å². The third kappa shape index (κ3) is 7.08. The van der Waals surface area contributed by atoms with Crippen molar-refractivity contribution in [3.63, 3.8) is 0 Å². The molecule has 0 aliphatic rings. The highest BCUT2D eigenvalue weighted by Crippen LogP contribution is 2.19. The molecule has 29 heavy (non-hydrogen) atoms. The van der Waals surface area contributed by atoms with E-state index in [1.54, 1.807) is 49.4 Å². The molecular formula is C21H21NO6S. The lowest BCUT2D eigenvalue weighted by Gasteiger charge is -2.12. The van der Waals surface area contributed by atoms with E-state index in [1.807, 2.05) is 0 Å². The molecule has 0 radical (unpaired) electrons. The second-order valence-electron chi connectivity index (χ2n) is 5.98. The van der Waals surface area contributed by atoms with E-state index in [-0.39, 0.29) is 24.6 Å². The number of thioether (sulfide) groups is 1. The first-order valence-electron chi connectivity index (χ1n) is 8.90. The number of carbonyl (C=O) groups is 4. The molecular weight excluding hydrogens is 394 g/mol. The van der Waals surface area contributed by atoms with Gasteiger partial charge in [0.15, 0.2) is 5.78 Å². The summed E-state index contributed by atoms with van der Waals surface area (Å²) in [7, 11) is 0. The van der Waals surface area contributed by atoms with Crippen molar-refractivity contribution in [1.82, 2.24) is 0 Å². The highest BCUT2D eigenvalue weighted by Gasteiger charge is 2.23. The van der Waals surface area contributed by atoms with Crippen LogP contribution in [0.4, 0.5) is 5.69 Å². The molecule has 7 nitrogen and oxygen atoms in total. The van der Waals surface area contributed by atoms with Crippen LogP contribution in [-0.4, -0.2) is 46.3 Å². The summed E-state index contributed by atoms with van der Waals surface area (Å²) in [6, 6.07) is 14.6. The highest BCUT2D eigenvalue weighted by atomic mass is 32.2. The van der Waals surface area contributed by atoms with Gasteiger partial charge in [0.25, 0.3) is 0 Å². The molecule has 2 rings (SSSR count). The minimum Gasteiger partial charge on any atom is -0.480 e. The van der Waals surface area contributed by atoms with Gasteiger partial charge in [-0.1, -0.05) is 30.3 Å². The van der Waals surface area contributed by atoms with Gasteiger partial charge in [-0.2, -0.15) is 0 Å². The lowest BCUT2D eigenvalue weighted by molar-refractivity contribution is -0.136. The van der Waals surface area contributed by atoms with Gasteiger partial charge in [-0.3, -0.25) is 14.4 Å². The summed E-state index contributed by atoms with van der Waals surface area (Å²) >= 11 is 0.888. The maximum absolute atomic E-state index is 12.2. The van der Waals surface area contributed by atoms with E-state index >= 15 is 0 Å². The van der Waals surface area contributed by atoms with Crippen molar-refractivity contribution < 1.29 is 29.0 Å². The molecule has 2 aromatic carbocycles. The van der Waals surface area contributed by atoms with Gasteiger partial charge in [-0.15, -0.1) is 11.8 Å². The monoisotopic (exact) mass is 415 g/mol. The number of rotatable bonds is 10. The predicted molar refractivity (Wildman–Crippen MR) is 110 cm³/mol. The number of carboxylic acids is 1. The molecule has 0 heterocycles. The molecule has 0 saturated carbocycles. The number of Topliss-reactive ketones (excluding diaryl/α,β-unsaturated/α-hetero) is 1. The minimum absolute atomic E-state index is 0.126. The summed E-state index contributed by atoms with van der Waals surface area (Å²) in [5.41, 5.74) is 1.27. The van der Waals surface area contributed by atoms with Crippen molar-refractivity contribution in [2.75, 3.05) is 17.7 Å². The average Bonchev–Trinajstić information content (AvgIpc) is 2.72. The Labute approximate surface area is 172 Å². The highest BCUT2D eigenvalue weighted by molar-refractivity contribution is 8.01. The summed E-state index contributed by atoms with van der Waals surface area (Å²) in [6.07, 6.45) is -0.203. The minimum atomic E-state index is -1.15. The maximum Gasteiger partial charge on any atom is 0.338 e. The summed E-state index contributed by atoms with van der Waals surface area (Å²) in [6.45, 7) is 1.98. The Balaban J connectivity index is 1.88. The largest absolute Gasteiger partial charge is 0.480 e. The zero-order valence-electron chi connectivity index (χ0n) is 15.8. The molecule has 1 atom stereocenters. The number of anilines is 1. The molecule has 0 unspecified atom stereocenters. The van der Waals surface area contributed by atoms with Gasteiger partial charge in [0.1, 0.15) is 5.25 Å². The Morgan fingerprint density at radius 1 is 1.00 bits per heavy atom. The molecule has 8 heteroatoms. The Kier molecular flexibility index (Phi) is 8.42. The zero-order valence-corrected chi connectivity index (χ0v) is 16.6. The Hall–Kier alpha value is -3.13. The van der Waals surface area contributed by atoms with E-state index in [0.717, 1.165) is 11.8 Å². The molecule has 1 amide bonds. The van der Waals surface area contributed by atoms with Crippen molar-refractivity contribution in [2.45, 2.75) is 18.6 Å². The molecule has 0 aliphatic carbocycles. The van der Waals surface area contributed by atoms with Crippen LogP contribution in [-0.2, 0) is 14.3 Å². The fraction of sp³-hybridized carbons (Fsp3) is 0.238. The standard InChI is InChI=1S/C21H21NO6S/c1-2-28-21(27)15-8-10-16(11-9-15)22-19(24)13-29-18(20(25)26)12-17(23)14-6-4-3-5-7-14/h3-11,18H,2,12-13H2,1H3,(H,22,24)(H,25,26)/t18-/m1/s1. The summed E-state index contributed by atoms with van der Waals surface area (Å²) < 4.78 is 4.89. The second kappa shape index (κ2) is 11.0. The number of ketones is 1. The summed E-state index contributed by atoms with van der Waals surface area (Å²) in [5, 5.41) is 11.0. The van der Waals surface area contributed by atoms with Crippen LogP contribution in [0.3, 0.4) is 0 Å². The number of aliphatic carboxylic acids is 1. The average molecular weight is 415 g/mol. The Bertz CT molecular complexity index is 866. The third-order valence-corrected chi connectivity index (χ3v) is 5.04. The molecule has 0 bridgehead atoms. The van der Waals surface area contributed by atoms with Crippen LogP contribution in [0.5, 0.6) is 0 Å². The predicted octanol–water partition coefficient (Wildman–Crippen LogP) is 3.26. The number of esters is 1. The quantitative estimate of drug-likeness (QED) is 0.453. The number of carboxylic acid groups (broad SMARTS) is 1. The Morgan fingerprint density at radius 3 is 2.24 bits per heavy atom. The zero-order chi connectivity index (χ0) is 21.2. The van der Waals surface area contributed by atoms with Gasteiger partial charge in [-0.25, -0.2) is 4.79 Å². The number of nitrogens with one attached hydrogen (secondary N) is 1. The van der Waals surface area contributed by atoms with Crippen LogP contribution in [0.15, 0.2) is 54.6 Å². The van der Waals surface area contributed by atoms with Crippen molar-refractivity contribution in [3.8, 4) is 0 Å². The van der Waals surface area contributed by atoms with Crippen LogP contribution in [0.1, 0.15) is 34.1 Å². The van der Waals surface area contributed by atoms with Crippen molar-refractivity contribution in [3.05, 3.63) is 65.7 Å². The number of amides is 1. The third-order valence-electron chi connectivity index (χ3n) is 3.84. The van der Waals surface area contributed by atoms with Gasteiger partial charge in [0.2, 0.25) is 5.91 Å². The number of ether oxygens (including phenoxy) is 1. The van der Waals surface area contributed by atoms with Crippen LogP contribution in [0.25, 0.3) is 0 Å². The number of carbonyl (C=O) groups excluding carboxylic acids is 3. The van der Waals surface area contributed by atoms with Gasteiger partial charge >= 0.3 is 11.9 Å². The van der Waals surface area contributed by atoms with E-state index in [1.165, 1.54) is 12.1 Å². The fourth-order valence-electron chi connectivity index (χ4n) is 2.41. The van der Waals surface area contributed by atoms with Crippen LogP contribution < -0.4 is 5.32 Å². The number of hydrogen-bond donors (Lipinski definition) is 2. The molecule has 0 aliphatic heterocycles. The van der Waals surface area contributed by atoms with E-state index in [2.05, 4.69) is 5.32 Å². The SMILES string of the molecule is CCOC(=O)c1ccc(NC(=O)CS[C@H](CC(=O)c2ccccc2)C(=O)O)cc1. The first-order valence-corrected chi connectivity index (χ1v) is 9.95. The molecule has 0 aromatic heterocycles.